The molecule has 1 atom stereocenters. The molecule has 1 rings (SSSR count). The Morgan fingerprint density at radius 3 is 2.18 bits per heavy atom. The molecule has 0 fully saturated rings. The Morgan fingerprint density at radius 2 is 1.76 bits per heavy atom. The summed E-state index contributed by atoms with van der Waals surface area (Å²) in [5.41, 5.74) is 1.57. The molecule has 0 spiro atoms. The van der Waals surface area contributed by atoms with E-state index in [0.717, 1.165) is 12.8 Å². The van der Waals surface area contributed by atoms with Gasteiger partial charge in [0, 0.05) is 19.8 Å². The van der Waals surface area contributed by atoms with E-state index in [4.69, 9.17) is 11.6 Å². The van der Waals surface area contributed by atoms with Crippen LogP contribution in [0.2, 0.25) is 0 Å². The van der Waals surface area contributed by atoms with Gasteiger partial charge in [0.25, 0.3) is 5.78 Å². The highest BCUT2D eigenvalue weighted by atomic mass is 35.5. The molecule has 1 aromatic carbocycles. The number of hydrogen-bond acceptors (Lipinski definition) is 4. The highest BCUT2D eigenvalue weighted by molar-refractivity contribution is 6.47. The topological polar surface area (TPSA) is 46.6 Å². The first-order valence-electron chi connectivity index (χ1n) is 5.01. The molecule has 4 nitrogen and oxygen atoms in total. The number of hydrogen-bond donors (Lipinski definition) is 0. The van der Waals surface area contributed by atoms with Crippen LogP contribution >= 0.6 is 11.6 Å². The number of alkyl halides is 1. The van der Waals surface area contributed by atoms with Crippen LogP contribution in [0, 0.1) is 0 Å². The minimum absolute atomic E-state index is 0.577. The quantitative estimate of drug-likeness (QED) is 0.467. The fraction of sp³-hybridized carbons (Fsp3) is 0.333. The molecule has 92 valence electrons. The van der Waals surface area contributed by atoms with Crippen molar-refractivity contribution in [3.8, 4) is 0 Å². The normalized spacial score (nSPS) is 11.8. The molecule has 0 aliphatic heterocycles. The van der Waals surface area contributed by atoms with E-state index in [-0.39, 0.29) is 0 Å². The number of rotatable bonds is 4. The molecular weight excluding hydrogens is 242 g/mol. The standard InChI is InChI=1S/C12H14ClNO3/c1-14(2)9-6-4-8(5-7-9)10(13)11(15)12(16)17-3/h4-7,10H,1-3H3. The van der Waals surface area contributed by atoms with E-state index in [2.05, 4.69) is 4.74 Å². The summed E-state index contributed by atoms with van der Waals surface area (Å²) in [5.74, 6) is -1.69. The van der Waals surface area contributed by atoms with Gasteiger partial charge in [-0.1, -0.05) is 12.1 Å². The van der Waals surface area contributed by atoms with Gasteiger partial charge in [-0.15, -0.1) is 11.6 Å². The van der Waals surface area contributed by atoms with Gasteiger partial charge in [0.05, 0.1) is 7.11 Å². The van der Waals surface area contributed by atoms with Gasteiger partial charge in [-0.25, -0.2) is 4.79 Å². The highest BCUT2D eigenvalue weighted by Gasteiger charge is 2.25. The molecule has 0 heterocycles. The lowest BCUT2D eigenvalue weighted by Crippen LogP contribution is -2.20. The van der Waals surface area contributed by atoms with Crippen molar-refractivity contribution in [1.29, 1.82) is 0 Å². The second kappa shape index (κ2) is 5.68. The summed E-state index contributed by atoms with van der Waals surface area (Å²) >= 11 is 5.90. The number of carbonyl (C=O) groups excluding carboxylic acids is 2. The maximum atomic E-state index is 11.5. The van der Waals surface area contributed by atoms with Gasteiger partial charge < -0.3 is 9.64 Å². The van der Waals surface area contributed by atoms with Crippen LogP contribution in [0.25, 0.3) is 0 Å². The lowest BCUT2D eigenvalue weighted by Gasteiger charge is -2.13. The number of nitrogens with zero attached hydrogens (tertiary/aromatic N) is 1. The smallest absolute Gasteiger partial charge is 0.376 e. The van der Waals surface area contributed by atoms with Crippen LogP contribution in [0.15, 0.2) is 24.3 Å². The Balaban J connectivity index is 2.86. The van der Waals surface area contributed by atoms with E-state index in [1.807, 2.05) is 31.1 Å². The lowest BCUT2D eigenvalue weighted by molar-refractivity contribution is -0.151. The van der Waals surface area contributed by atoms with E-state index in [1.165, 1.54) is 0 Å². The first-order chi connectivity index (χ1) is 7.97. The lowest BCUT2D eigenvalue weighted by atomic mass is 10.1. The largest absolute Gasteiger partial charge is 0.463 e. The van der Waals surface area contributed by atoms with Crippen LogP contribution < -0.4 is 4.90 Å². The third-order valence-electron chi connectivity index (χ3n) is 2.32. The molecular formula is C12H14ClNO3. The van der Waals surface area contributed by atoms with E-state index < -0.39 is 17.1 Å². The van der Waals surface area contributed by atoms with Crippen LogP contribution in [0.5, 0.6) is 0 Å². The van der Waals surface area contributed by atoms with Crippen LogP contribution in [-0.4, -0.2) is 33.0 Å². The summed E-state index contributed by atoms with van der Waals surface area (Å²) in [4.78, 5) is 24.4. The molecule has 1 aromatic rings. The number of carbonyl (C=O) groups is 2. The van der Waals surface area contributed by atoms with Crippen LogP contribution in [0.3, 0.4) is 0 Å². The van der Waals surface area contributed by atoms with Gasteiger partial charge in [0.1, 0.15) is 5.38 Å². The molecule has 0 saturated heterocycles. The Labute approximate surface area is 105 Å². The van der Waals surface area contributed by atoms with Crippen molar-refractivity contribution >= 4 is 29.0 Å². The van der Waals surface area contributed by atoms with Gasteiger partial charge in [-0.05, 0) is 17.7 Å². The minimum atomic E-state index is -1.00. The molecule has 0 aliphatic rings. The van der Waals surface area contributed by atoms with Crippen molar-refractivity contribution in [1.82, 2.24) is 0 Å². The van der Waals surface area contributed by atoms with Gasteiger partial charge in [-0.3, -0.25) is 4.79 Å². The second-order valence-electron chi connectivity index (χ2n) is 3.70. The predicted molar refractivity (Wildman–Crippen MR) is 66.4 cm³/mol. The van der Waals surface area contributed by atoms with Crippen molar-refractivity contribution in [3.63, 3.8) is 0 Å². The Hall–Kier alpha value is -1.55. The first kappa shape index (κ1) is 13.5. The van der Waals surface area contributed by atoms with Gasteiger partial charge >= 0.3 is 5.97 Å². The number of Topliss-reactive ketones (excluding diaryl/α,β-unsaturated/α-hetero) is 1. The highest BCUT2D eigenvalue weighted by Crippen LogP contribution is 2.24. The van der Waals surface area contributed by atoms with Crippen molar-refractivity contribution in [2.45, 2.75) is 5.38 Å². The molecule has 0 radical (unpaired) electrons. The minimum Gasteiger partial charge on any atom is -0.463 e. The van der Waals surface area contributed by atoms with Gasteiger partial charge in [0.15, 0.2) is 0 Å². The van der Waals surface area contributed by atoms with E-state index >= 15 is 0 Å². The molecule has 0 N–H and O–H groups in total. The zero-order chi connectivity index (χ0) is 13.0. The van der Waals surface area contributed by atoms with Crippen molar-refractivity contribution in [3.05, 3.63) is 29.8 Å². The molecule has 0 bridgehead atoms. The maximum absolute atomic E-state index is 11.5. The summed E-state index contributed by atoms with van der Waals surface area (Å²) in [7, 11) is 4.97. The fourth-order valence-electron chi connectivity index (χ4n) is 1.30. The zero-order valence-electron chi connectivity index (χ0n) is 9.94. The van der Waals surface area contributed by atoms with Crippen LogP contribution in [-0.2, 0) is 14.3 Å². The molecule has 0 aliphatic carbocycles. The Bertz CT molecular complexity index is 414. The molecule has 1 unspecified atom stereocenters. The van der Waals surface area contributed by atoms with E-state index in [1.54, 1.807) is 12.1 Å². The third kappa shape index (κ3) is 3.20. The SMILES string of the molecule is COC(=O)C(=O)C(Cl)c1ccc(N(C)C)cc1. The third-order valence-corrected chi connectivity index (χ3v) is 2.77. The van der Waals surface area contributed by atoms with Crippen LogP contribution in [0.1, 0.15) is 10.9 Å². The number of ether oxygens (including phenoxy) is 1. The summed E-state index contributed by atoms with van der Waals surface area (Å²) < 4.78 is 4.34. The zero-order valence-corrected chi connectivity index (χ0v) is 10.7. The van der Waals surface area contributed by atoms with Gasteiger partial charge in [-0.2, -0.15) is 0 Å². The first-order valence-corrected chi connectivity index (χ1v) is 5.44. The number of halogens is 1. The monoisotopic (exact) mass is 255 g/mol. The molecule has 17 heavy (non-hydrogen) atoms. The number of methoxy groups -OCH3 is 1. The number of ketones is 1. The molecule has 5 heteroatoms. The Morgan fingerprint density at radius 1 is 1.24 bits per heavy atom. The average molecular weight is 256 g/mol. The average Bonchev–Trinajstić information content (AvgIpc) is 2.36. The van der Waals surface area contributed by atoms with Crippen molar-refractivity contribution in [2.75, 3.05) is 26.1 Å². The molecule has 0 amide bonds. The van der Waals surface area contributed by atoms with Gasteiger partial charge in [0.2, 0.25) is 0 Å². The fourth-order valence-corrected chi connectivity index (χ4v) is 1.53. The number of esters is 1. The Kier molecular flexibility index (Phi) is 4.52. The summed E-state index contributed by atoms with van der Waals surface area (Å²) in [5, 5.41) is -1.00. The molecule has 0 aromatic heterocycles. The predicted octanol–water partition coefficient (Wildman–Crippen LogP) is 1.77. The molecule has 0 saturated carbocycles. The number of anilines is 1. The van der Waals surface area contributed by atoms with E-state index in [0.29, 0.717) is 5.56 Å². The van der Waals surface area contributed by atoms with E-state index in [9.17, 15) is 9.59 Å². The van der Waals surface area contributed by atoms with Crippen LogP contribution in [0.4, 0.5) is 5.69 Å². The maximum Gasteiger partial charge on any atom is 0.376 e. The summed E-state index contributed by atoms with van der Waals surface area (Å²) in [6, 6.07) is 7.09. The second-order valence-corrected chi connectivity index (χ2v) is 4.14. The number of benzene rings is 1. The van der Waals surface area contributed by atoms with Crippen molar-refractivity contribution < 1.29 is 14.3 Å². The van der Waals surface area contributed by atoms with Crippen molar-refractivity contribution in [2.24, 2.45) is 0 Å². The summed E-state index contributed by atoms with van der Waals surface area (Å²) in [6.07, 6.45) is 0. The summed E-state index contributed by atoms with van der Waals surface area (Å²) in [6.45, 7) is 0.